The SMILES string of the molecule is Cc1ccc(C(=O)C2(O)CCNCC2)cc1C. The van der Waals surface area contributed by atoms with Gasteiger partial charge in [-0.3, -0.25) is 4.79 Å². The Morgan fingerprint density at radius 2 is 1.88 bits per heavy atom. The van der Waals surface area contributed by atoms with E-state index in [1.54, 1.807) is 0 Å². The fourth-order valence-corrected chi connectivity index (χ4v) is 2.22. The van der Waals surface area contributed by atoms with Gasteiger partial charge in [0.2, 0.25) is 0 Å². The van der Waals surface area contributed by atoms with Gasteiger partial charge in [0.1, 0.15) is 5.60 Å². The number of nitrogens with one attached hydrogen (secondary N) is 1. The molecule has 0 radical (unpaired) electrons. The van der Waals surface area contributed by atoms with Gasteiger partial charge in [-0.25, -0.2) is 0 Å². The van der Waals surface area contributed by atoms with Crippen molar-refractivity contribution < 1.29 is 9.90 Å². The highest BCUT2D eigenvalue weighted by molar-refractivity contribution is 6.02. The van der Waals surface area contributed by atoms with Crippen molar-refractivity contribution >= 4 is 5.78 Å². The van der Waals surface area contributed by atoms with Gasteiger partial charge in [-0.05, 0) is 57.0 Å². The maximum atomic E-state index is 12.3. The van der Waals surface area contributed by atoms with Crippen LogP contribution in [0.15, 0.2) is 18.2 Å². The molecule has 17 heavy (non-hydrogen) atoms. The number of rotatable bonds is 2. The summed E-state index contributed by atoms with van der Waals surface area (Å²) in [4.78, 5) is 12.3. The average molecular weight is 233 g/mol. The van der Waals surface area contributed by atoms with Crippen LogP contribution in [-0.2, 0) is 0 Å². The van der Waals surface area contributed by atoms with Crippen LogP contribution < -0.4 is 5.32 Å². The molecule has 1 fully saturated rings. The summed E-state index contributed by atoms with van der Waals surface area (Å²) in [5.74, 6) is -0.137. The number of aliphatic hydroxyl groups is 1. The molecule has 0 aliphatic carbocycles. The maximum Gasteiger partial charge on any atom is 0.194 e. The first-order valence-electron chi connectivity index (χ1n) is 6.08. The van der Waals surface area contributed by atoms with E-state index in [-0.39, 0.29) is 5.78 Å². The Labute approximate surface area is 102 Å². The molecule has 1 aliphatic rings. The number of carbonyl (C=O) groups excluding carboxylic acids is 1. The van der Waals surface area contributed by atoms with E-state index in [0.29, 0.717) is 31.5 Å². The van der Waals surface area contributed by atoms with Gasteiger partial charge in [0.05, 0.1) is 0 Å². The molecule has 0 atom stereocenters. The van der Waals surface area contributed by atoms with Crippen LogP contribution in [0.5, 0.6) is 0 Å². The number of benzene rings is 1. The summed E-state index contributed by atoms with van der Waals surface area (Å²) in [6, 6.07) is 5.62. The number of hydrogen-bond acceptors (Lipinski definition) is 3. The lowest BCUT2D eigenvalue weighted by Gasteiger charge is -2.31. The molecule has 0 aromatic heterocycles. The van der Waals surface area contributed by atoms with Crippen LogP contribution in [0.25, 0.3) is 0 Å². The quantitative estimate of drug-likeness (QED) is 0.763. The number of carbonyl (C=O) groups is 1. The molecule has 1 heterocycles. The molecular weight excluding hydrogens is 214 g/mol. The molecule has 0 spiro atoms. The maximum absolute atomic E-state index is 12.3. The highest BCUT2D eigenvalue weighted by Gasteiger charge is 2.37. The van der Waals surface area contributed by atoms with Crippen LogP contribution in [0.4, 0.5) is 0 Å². The van der Waals surface area contributed by atoms with Gasteiger partial charge in [-0.1, -0.05) is 12.1 Å². The summed E-state index contributed by atoms with van der Waals surface area (Å²) in [6.07, 6.45) is 0.998. The van der Waals surface area contributed by atoms with Crippen LogP contribution in [0, 0.1) is 13.8 Å². The third kappa shape index (κ3) is 2.40. The summed E-state index contributed by atoms with van der Waals surface area (Å²) >= 11 is 0. The highest BCUT2D eigenvalue weighted by atomic mass is 16.3. The normalized spacial score (nSPS) is 19.0. The minimum atomic E-state index is -1.17. The van der Waals surface area contributed by atoms with Crippen LogP contribution in [-0.4, -0.2) is 29.6 Å². The predicted molar refractivity (Wildman–Crippen MR) is 67.3 cm³/mol. The molecule has 3 nitrogen and oxygen atoms in total. The van der Waals surface area contributed by atoms with Gasteiger partial charge in [0.25, 0.3) is 0 Å². The largest absolute Gasteiger partial charge is 0.382 e. The van der Waals surface area contributed by atoms with Crippen molar-refractivity contribution in [1.82, 2.24) is 5.32 Å². The Hall–Kier alpha value is -1.19. The topological polar surface area (TPSA) is 49.3 Å². The number of aryl methyl sites for hydroxylation is 2. The first kappa shape index (κ1) is 12.3. The van der Waals surface area contributed by atoms with Crippen molar-refractivity contribution in [3.8, 4) is 0 Å². The molecule has 1 aromatic rings. The number of Topliss-reactive ketones (excluding diaryl/α,β-unsaturated/α-hetero) is 1. The fraction of sp³-hybridized carbons (Fsp3) is 0.500. The van der Waals surface area contributed by atoms with Gasteiger partial charge < -0.3 is 10.4 Å². The lowest BCUT2D eigenvalue weighted by atomic mass is 9.84. The van der Waals surface area contributed by atoms with E-state index in [1.165, 1.54) is 5.56 Å². The summed E-state index contributed by atoms with van der Waals surface area (Å²) in [5, 5.41) is 13.5. The summed E-state index contributed by atoms with van der Waals surface area (Å²) in [7, 11) is 0. The summed E-state index contributed by atoms with van der Waals surface area (Å²) < 4.78 is 0. The first-order valence-corrected chi connectivity index (χ1v) is 6.08. The van der Waals surface area contributed by atoms with Gasteiger partial charge in [0, 0.05) is 5.56 Å². The lowest BCUT2D eigenvalue weighted by Crippen LogP contribution is -2.47. The third-order valence-electron chi connectivity index (χ3n) is 3.62. The van der Waals surface area contributed by atoms with E-state index < -0.39 is 5.60 Å². The minimum Gasteiger partial charge on any atom is -0.382 e. The van der Waals surface area contributed by atoms with Gasteiger partial charge >= 0.3 is 0 Å². The molecule has 92 valence electrons. The molecule has 2 N–H and O–H groups in total. The van der Waals surface area contributed by atoms with E-state index in [4.69, 9.17) is 0 Å². The van der Waals surface area contributed by atoms with Crippen molar-refractivity contribution in [2.24, 2.45) is 0 Å². The molecule has 0 amide bonds. The van der Waals surface area contributed by atoms with Crippen molar-refractivity contribution in [2.75, 3.05) is 13.1 Å². The molecule has 1 aromatic carbocycles. The molecular formula is C14H19NO2. The Morgan fingerprint density at radius 1 is 1.24 bits per heavy atom. The highest BCUT2D eigenvalue weighted by Crippen LogP contribution is 2.24. The van der Waals surface area contributed by atoms with Gasteiger partial charge in [-0.15, -0.1) is 0 Å². The fourth-order valence-electron chi connectivity index (χ4n) is 2.22. The van der Waals surface area contributed by atoms with Crippen molar-refractivity contribution in [3.05, 3.63) is 34.9 Å². The van der Waals surface area contributed by atoms with Crippen molar-refractivity contribution in [3.63, 3.8) is 0 Å². The van der Waals surface area contributed by atoms with Crippen LogP contribution in [0.1, 0.15) is 34.3 Å². The molecule has 0 saturated carbocycles. The van der Waals surface area contributed by atoms with E-state index in [2.05, 4.69) is 5.32 Å². The third-order valence-corrected chi connectivity index (χ3v) is 3.62. The standard InChI is InChI=1S/C14H19NO2/c1-10-3-4-12(9-11(10)2)13(16)14(17)5-7-15-8-6-14/h3-4,9,15,17H,5-8H2,1-2H3. The van der Waals surface area contributed by atoms with Crippen LogP contribution in [0.3, 0.4) is 0 Å². The Kier molecular flexibility index (Phi) is 3.31. The van der Waals surface area contributed by atoms with E-state index in [1.807, 2.05) is 32.0 Å². The summed E-state index contributed by atoms with van der Waals surface area (Å²) in [5.41, 5.74) is 1.71. The zero-order valence-electron chi connectivity index (χ0n) is 10.4. The Balaban J connectivity index is 2.26. The smallest absolute Gasteiger partial charge is 0.194 e. The molecule has 0 unspecified atom stereocenters. The first-order chi connectivity index (χ1) is 8.03. The Bertz CT molecular complexity index is 434. The number of hydrogen-bond donors (Lipinski definition) is 2. The van der Waals surface area contributed by atoms with Crippen molar-refractivity contribution in [1.29, 1.82) is 0 Å². The molecule has 1 aliphatic heterocycles. The minimum absolute atomic E-state index is 0.137. The van der Waals surface area contributed by atoms with E-state index in [0.717, 1.165) is 5.56 Å². The molecule has 2 rings (SSSR count). The zero-order chi connectivity index (χ0) is 12.5. The van der Waals surface area contributed by atoms with Gasteiger partial charge in [-0.2, -0.15) is 0 Å². The van der Waals surface area contributed by atoms with Crippen LogP contribution >= 0.6 is 0 Å². The summed E-state index contributed by atoms with van der Waals surface area (Å²) in [6.45, 7) is 5.40. The lowest BCUT2D eigenvalue weighted by molar-refractivity contribution is 0.0155. The van der Waals surface area contributed by atoms with Crippen LogP contribution in [0.2, 0.25) is 0 Å². The zero-order valence-corrected chi connectivity index (χ0v) is 10.4. The monoisotopic (exact) mass is 233 g/mol. The number of piperidine rings is 1. The Morgan fingerprint density at radius 3 is 2.47 bits per heavy atom. The second kappa shape index (κ2) is 4.59. The number of ketones is 1. The molecule has 0 bridgehead atoms. The average Bonchev–Trinajstić information content (AvgIpc) is 2.33. The van der Waals surface area contributed by atoms with Gasteiger partial charge in [0.15, 0.2) is 5.78 Å². The predicted octanol–water partition coefficient (Wildman–Crippen LogP) is 1.60. The van der Waals surface area contributed by atoms with Crippen molar-refractivity contribution in [2.45, 2.75) is 32.3 Å². The molecule has 3 heteroatoms. The molecule has 1 saturated heterocycles. The second-order valence-electron chi connectivity index (χ2n) is 4.91. The van der Waals surface area contributed by atoms with E-state index in [9.17, 15) is 9.90 Å². The van der Waals surface area contributed by atoms with E-state index >= 15 is 0 Å². The second-order valence-corrected chi connectivity index (χ2v) is 4.91.